The fraction of sp³-hybridized carbons (Fsp3) is 0.115. The SMILES string of the molecule is Cc1ccc2c(Nc3cccc(N(C)C)c3)noc2c1C#C/C(N)=C/c1ccccc1N. The number of aryl methyl sites for hydroxylation is 1. The number of aromatic nitrogens is 1. The zero-order valence-corrected chi connectivity index (χ0v) is 18.3. The zero-order valence-electron chi connectivity index (χ0n) is 18.3. The van der Waals surface area contributed by atoms with Crippen molar-refractivity contribution in [1.29, 1.82) is 0 Å². The maximum absolute atomic E-state index is 6.13. The van der Waals surface area contributed by atoms with Gasteiger partial charge in [0.15, 0.2) is 11.4 Å². The second-order valence-corrected chi connectivity index (χ2v) is 7.71. The normalized spacial score (nSPS) is 11.2. The van der Waals surface area contributed by atoms with Gasteiger partial charge in [-0.15, -0.1) is 0 Å². The molecule has 3 aromatic carbocycles. The molecule has 4 rings (SSSR count). The lowest BCUT2D eigenvalue weighted by Gasteiger charge is -2.13. The summed E-state index contributed by atoms with van der Waals surface area (Å²) < 4.78 is 5.67. The van der Waals surface area contributed by atoms with E-state index in [1.165, 1.54) is 0 Å². The van der Waals surface area contributed by atoms with Gasteiger partial charge in [-0.3, -0.25) is 0 Å². The van der Waals surface area contributed by atoms with Crippen LogP contribution in [-0.4, -0.2) is 19.3 Å². The van der Waals surface area contributed by atoms with Gasteiger partial charge in [0.1, 0.15) is 0 Å². The lowest BCUT2D eigenvalue weighted by Crippen LogP contribution is -2.08. The number of nitrogens with two attached hydrogens (primary N) is 2. The van der Waals surface area contributed by atoms with E-state index in [4.69, 9.17) is 16.0 Å². The van der Waals surface area contributed by atoms with Crippen LogP contribution < -0.4 is 21.7 Å². The van der Waals surface area contributed by atoms with Crippen LogP contribution in [0.4, 0.5) is 22.9 Å². The summed E-state index contributed by atoms with van der Waals surface area (Å²) in [6, 6.07) is 19.6. The Labute approximate surface area is 187 Å². The number of anilines is 4. The molecule has 1 heterocycles. The smallest absolute Gasteiger partial charge is 0.184 e. The van der Waals surface area contributed by atoms with Crippen LogP contribution in [-0.2, 0) is 0 Å². The number of nitrogen functional groups attached to an aromatic ring is 1. The molecule has 160 valence electrons. The fourth-order valence-corrected chi connectivity index (χ4v) is 3.33. The van der Waals surface area contributed by atoms with Crippen molar-refractivity contribution in [1.82, 2.24) is 5.16 Å². The highest BCUT2D eigenvalue weighted by molar-refractivity contribution is 5.94. The highest BCUT2D eigenvalue weighted by atomic mass is 16.5. The number of benzene rings is 3. The first kappa shape index (κ1) is 20.9. The van der Waals surface area contributed by atoms with Crippen LogP contribution in [0, 0.1) is 18.8 Å². The Morgan fingerprint density at radius 1 is 1.09 bits per heavy atom. The topological polar surface area (TPSA) is 93.3 Å². The lowest BCUT2D eigenvalue weighted by molar-refractivity contribution is 0.459. The van der Waals surface area contributed by atoms with Crippen LogP contribution in [0.2, 0.25) is 0 Å². The standard InChI is InChI=1S/C26H25N5O/c1-17-11-13-23-25(22(17)14-12-19(27)15-18-7-4-5-10-24(18)28)32-30-26(23)29-20-8-6-9-21(16-20)31(2)3/h4-11,13,15-16H,27-28H2,1-3H3,(H,29,30)/b19-15-. The molecule has 32 heavy (non-hydrogen) atoms. The average Bonchev–Trinajstić information content (AvgIpc) is 3.17. The maximum atomic E-state index is 6.13. The van der Waals surface area contributed by atoms with Crippen molar-refractivity contribution in [3.63, 3.8) is 0 Å². The molecule has 0 spiro atoms. The van der Waals surface area contributed by atoms with Crippen LogP contribution in [0.3, 0.4) is 0 Å². The van der Waals surface area contributed by atoms with Gasteiger partial charge in [-0.2, -0.15) is 0 Å². The fourth-order valence-electron chi connectivity index (χ4n) is 3.33. The summed E-state index contributed by atoms with van der Waals surface area (Å²) in [7, 11) is 4.01. The van der Waals surface area contributed by atoms with Crippen molar-refractivity contribution >= 4 is 39.9 Å². The number of hydrogen-bond donors (Lipinski definition) is 3. The highest BCUT2D eigenvalue weighted by Gasteiger charge is 2.13. The number of hydrogen-bond acceptors (Lipinski definition) is 6. The number of nitrogens with one attached hydrogen (secondary N) is 1. The summed E-state index contributed by atoms with van der Waals surface area (Å²) in [5, 5.41) is 8.44. The molecule has 0 amide bonds. The minimum Gasteiger partial charge on any atom is -0.398 e. The summed E-state index contributed by atoms with van der Waals surface area (Å²) >= 11 is 0. The van der Waals surface area contributed by atoms with E-state index in [1.807, 2.05) is 80.5 Å². The van der Waals surface area contributed by atoms with Gasteiger partial charge in [-0.05, 0) is 54.8 Å². The Bertz CT molecular complexity index is 1370. The molecule has 0 unspecified atom stereocenters. The van der Waals surface area contributed by atoms with E-state index in [2.05, 4.69) is 28.4 Å². The summed E-state index contributed by atoms with van der Waals surface area (Å²) in [5.41, 5.74) is 18.4. The van der Waals surface area contributed by atoms with E-state index >= 15 is 0 Å². The number of allylic oxidation sites excluding steroid dienone is 1. The Morgan fingerprint density at radius 3 is 2.69 bits per heavy atom. The molecule has 6 nitrogen and oxygen atoms in total. The maximum Gasteiger partial charge on any atom is 0.184 e. The molecule has 0 bridgehead atoms. The third-order valence-electron chi connectivity index (χ3n) is 5.11. The minimum absolute atomic E-state index is 0.415. The molecule has 0 aliphatic heterocycles. The first-order valence-electron chi connectivity index (χ1n) is 10.2. The second-order valence-electron chi connectivity index (χ2n) is 7.71. The summed E-state index contributed by atoms with van der Waals surface area (Å²) in [5.74, 6) is 6.79. The van der Waals surface area contributed by atoms with Gasteiger partial charge < -0.3 is 26.2 Å². The number of para-hydroxylation sites is 1. The molecule has 1 aromatic heterocycles. The van der Waals surface area contributed by atoms with Crippen LogP contribution in [0.25, 0.3) is 17.0 Å². The molecule has 0 aliphatic carbocycles. The van der Waals surface area contributed by atoms with Gasteiger partial charge >= 0.3 is 0 Å². The van der Waals surface area contributed by atoms with Gasteiger partial charge in [-0.1, -0.05) is 41.4 Å². The van der Waals surface area contributed by atoms with Gasteiger partial charge in [-0.25, -0.2) is 0 Å². The monoisotopic (exact) mass is 423 g/mol. The molecule has 4 aromatic rings. The Hall–Kier alpha value is -4.37. The average molecular weight is 424 g/mol. The van der Waals surface area contributed by atoms with Gasteiger partial charge in [0.25, 0.3) is 0 Å². The van der Waals surface area contributed by atoms with Crippen LogP contribution in [0.5, 0.6) is 0 Å². The molecular formula is C26H25N5O. The number of fused-ring (bicyclic) bond motifs is 1. The van der Waals surface area contributed by atoms with Gasteiger partial charge in [0, 0.05) is 36.7 Å². The zero-order chi connectivity index (χ0) is 22.7. The lowest BCUT2D eigenvalue weighted by atomic mass is 10.1. The predicted octanol–water partition coefficient (Wildman–Crippen LogP) is 4.88. The third-order valence-corrected chi connectivity index (χ3v) is 5.11. The van der Waals surface area contributed by atoms with Crippen molar-refractivity contribution in [3.8, 4) is 11.8 Å². The second kappa shape index (κ2) is 8.78. The van der Waals surface area contributed by atoms with E-state index in [1.54, 1.807) is 6.08 Å². The summed E-state index contributed by atoms with van der Waals surface area (Å²) in [4.78, 5) is 2.05. The van der Waals surface area contributed by atoms with Crippen LogP contribution in [0.15, 0.2) is 70.9 Å². The Morgan fingerprint density at radius 2 is 1.91 bits per heavy atom. The molecule has 0 saturated carbocycles. The molecular weight excluding hydrogens is 398 g/mol. The van der Waals surface area contributed by atoms with E-state index in [9.17, 15) is 0 Å². The molecule has 0 saturated heterocycles. The number of rotatable bonds is 4. The van der Waals surface area contributed by atoms with E-state index < -0.39 is 0 Å². The highest BCUT2D eigenvalue weighted by Crippen LogP contribution is 2.30. The third kappa shape index (κ3) is 4.37. The van der Waals surface area contributed by atoms with Crippen molar-refractivity contribution < 1.29 is 4.52 Å². The van der Waals surface area contributed by atoms with Crippen molar-refractivity contribution in [2.75, 3.05) is 30.0 Å². The quantitative estimate of drug-likeness (QED) is 0.320. The molecule has 0 atom stereocenters. The molecule has 0 fully saturated rings. The van der Waals surface area contributed by atoms with Gasteiger partial charge in [0.2, 0.25) is 0 Å². The number of nitrogens with zero attached hydrogens (tertiary/aromatic N) is 2. The van der Waals surface area contributed by atoms with Crippen LogP contribution >= 0.6 is 0 Å². The van der Waals surface area contributed by atoms with E-state index in [0.717, 1.165) is 33.5 Å². The van der Waals surface area contributed by atoms with Crippen molar-refractivity contribution in [2.24, 2.45) is 5.73 Å². The first-order valence-corrected chi connectivity index (χ1v) is 10.2. The molecule has 0 aliphatic rings. The van der Waals surface area contributed by atoms with E-state index in [0.29, 0.717) is 22.8 Å². The molecule has 5 N–H and O–H groups in total. The Balaban J connectivity index is 1.67. The van der Waals surface area contributed by atoms with E-state index in [-0.39, 0.29) is 0 Å². The Kier molecular flexibility index (Phi) is 5.73. The van der Waals surface area contributed by atoms with Crippen molar-refractivity contribution in [2.45, 2.75) is 6.92 Å². The molecule has 6 heteroatoms. The van der Waals surface area contributed by atoms with Crippen LogP contribution in [0.1, 0.15) is 16.7 Å². The van der Waals surface area contributed by atoms with Gasteiger partial charge in [0.05, 0.1) is 16.6 Å². The molecule has 0 radical (unpaired) electrons. The summed E-state index contributed by atoms with van der Waals surface area (Å²) in [6.07, 6.45) is 1.77. The minimum atomic E-state index is 0.415. The largest absolute Gasteiger partial charge is 0.398 e. The van der Waals surface area contributed by atoms with Crippen molar-refractivity contribution in [3.05, 3.63) is 83.1 Å². The summed E-state index contributed by atoms with van der Waals surface area (Å²) in [6.45, 7) is 1.98. The first-order chi connectivity index (χ1) is 15.4. The predicted molar refractivity (Wildman–Crippen MR) is 133 cm³/mol.